The molecule has 0 radical (unpaired) electrons. The largest absolute Gasteiger partial charge is 0.370 e. The molecule has 3 aromatic carbocycles. The SMILES string of the molecule is CCN(CCN(C)C)c1cc(N2CCCCC2)c(S(=O)(=O)N(C)Cc2ccccc2)cc1S(=O)(=O)N(C)Cc1ccccc1. The second-order valence-corrected chi connectivity index (χ2v) is 15.7. The summed E-state index contributed by atoms with van der Waals surface area (Å²) in [5.74, 6) is 0. The van der Waals surface area contributed by atoms with Crippen molar-refractivity contribution in [2.45, 2.75) is 49.1 Å². The van der Waals surface area contributed by atoms with Crippen LogP contribution in [0, 0.1) is 0 Å². The molecule has 1 fully saturated rings. The first kappa shape index (κ1) is 33.9. The highest BCUT2D eigenvalue weighted by Gasteiger charge is 2.34. The van der Waals surface area contributed by atoms with Gasteiger partial charge in [-0.25, -0.2) is 16.8 Å². The highest BCUT2D eigenvalue weighted by Crippen LogP contribution is 2.39. The van der Waals surface area contributed by atoms with Crippen molar-refractivity contribution in [3.8, 4) is 0 Å². The Kier molecular flexibility index (Phi) is 11.5. The van der Waals surface area contributed by atoms with Gasteiger partial charge in [-0.1, -0.05) is 60.7 Å². The Morgan fingerprint density at radius 1 is 0.659 bits per heavy atom. The van der Waals surface area contributed by atoms with Crippen LogP contribution in [-0.4, -0.2) is 91.3 Å². The van der Waals surface area contributed by atoms with E-state index in [9.17, 15) is 16.8 Å². The Morgan fingerprint density at radius 3 is 1.64 bits per heavy atom. The first-order valence-electron chi connectivity index (χ1n) is 15.3. The van der Waals surface area contributed by atoms with Gasteiger partial charge in [0.2, 0.25) is 20.0 Å². The van der Waals surface area contributed by atoms with E-state index in [0.717, 1.165) is 30.4 Å². The van der Waals surface area contributed by atoms with Gasteiger partial charge >= 0.3 is 0 Å². The maximum atomic E-state index is 14.4. The number of nitrogens with zero attached hydrogens (tertiary/aromatic N) is 5. The number of anilines is 2. The van der Waals surface area contributed by atoms with Crippen LogP contribution in [0.5, 0.6) is 0 Å². The topological polar surface area (TPSA) is 84.5 Å². The molecule has 240 valence electrons. The second kappa shape index (κ2) is 14.9. The van der Waals surface area contributed by atoms with Crippen LogP contribution in [0.15, 0.2) is 82.6 Å². The first-order chi connectivity index (χ1) is 20.9. The Hall–Kier alpha value is -2.96. The summed E-state index contributed by atoms with van der Waals surface area (Å²) in [6, 6.07) is 22.1. The molecule has 0 aromatic heterocycles. The van der Waals surface area contributed by atoms with Gasteiger partial charge in [-0.2, -0.15) is 8.61 Å². The van der Waals surface area contributed by atoms with Crippen molar-refractivity contribution < 1.29 is 16.8 Å². The van der Waals surface area contributed by atoms with Crippen molar-refractivity contribution in [1.29, 1.82) is 0 Å². The molecule has 0 spiro atoms. The summed E-state index contributed by atoms with van der Waals surface area (Å²) in [5, 5.41) is 0. The molecule has 0 bridgehead atoms. The average molecular weight is 642 g/mol. The first-order valence-corrected chi connectivity index (χ1v) is 18.2. The number of likely N-dealkylation sites (N-methyl/N-ethyl adjacent to an activating group) is 2. The lowest BCUT2D eigenvalue weighted by molar-refractivity contribution is 0.413. The zero-order chi connectivity index (χ0) is 31.9. The normalized spacial score (nSPS) is 14.5. The zero-order valence-electron chi connectivity index (χ0n) is 26.7. The van der Waals surface area contributed by atoms with E-state index < -0.39 is 20.0 Å². The lowest BCUT2D eigenvalue weighted by Crippen LogP contribution is -2.36. The van der Waals surface area contributed by atoms with Crippen molar-refractivity contribution in [3.05, 3.63) is 83.9 Å². The quantitative estimate of drug-likeness (QED) is 0.252. The van der Waals surface area contributed by atoms with Gasteiger partial charge in [0.15, 0.2) is 0 Å². The molecule has 0 saturated carbocycles. The molecular formula is C33H47N5O4S2. The third-order valence-electron chi connectivity index (χ3n) is 8.15. The van der Waals surface area contributed by atoms with Crippen molar-refractivity contribution in [3.63, 3.8) is 0 Å². The summed E-state index contributed by atoms with van der Waals surface area (Å²) in [7, 11) is -1.10. The van der Waals surface area contributed by atoms with Crippen molar-refractivity contribution in [2.75, 3.05) is 70.7 Å². The number of sulfonamides is 2. The highest BCUT2D eigenvalue weighted by atomic mass is 32.2. The molecule has 11 heteroatoms. The molecule has 0 atom stereocenters. The zero-order valence-corrected chi connectivity index (χ0v) is 28.3. The van der Waals surface area contributed by atoms with E-state index in [1.165, 1.54) is 14.7 Å². The average Bonchev–Trinajstić information content (AvgIpc) is 3.02. The summed E-state index contributed by atoms with van der Waals surface area (Å²) in [5.41, 5.74) is 2.79. The van der Waals surface area contributed by atoms with E-state index in [1.807, 2.05) is 92.6 Å². The minimum absolute atomic E-state index is 0.00369. The van der Waals surface area contributed by atoms with Crippen LogP contribution in [0.2, 0.25) is 0 Å². The van der Waals surface area contributed by atoms with Crippen LogP contribution >= 0.6 is 0 Å². The van der Waals surface area contributed by atoms with Gasteiger partial charge in [0.25, 0.3) is 0 Å². The minimum atomic E-state index is -4.10. The number of hydrogen-bond donors (Lipinski definition) is 0. The predicted molar refractivity (Wildman–Crippen MR) is 179 cm³/mol. The van der Waals surface area contributed by atoms with Gasteiger partial charge in [-0.3, -0.25) is 0 Å². The highest BCUT2D eigenvalue weighted by molar-refractivity contribution is 7.90. The minimum Gasteiger partial charge on any atom is -0.370 e. The summed E-state index contributed by atoms with van der Waals surface area (Å²) in [6.07, 6.45) is 2.99. The molecule has 44 heavy (non-hydrogen) atoms. The van der Waals surface area contributed by atoms with Crippen molar-refractivity contribution in [1.82, 2.24) is 13.5 Å². The molecular weight excluding hydrogens is 595 g/mol. The molecule has 9 nitrogen and oxygen atoms in total. The monoisotopic (exact) mass is 641 g/mol. The van der Waals surface area contributed by atoms with Crippen LogP contribution in [-0.2, 0) is 33.1 Å². The standard InChI is InChI=1S/C33H47N5O4S2/c1-6-37(23-22-34(2)3)30-24-31(38-20-14-9-15-21-38)33(44(41,42)36(5)27-29-18-12-8-13-19-29)25-32(30)43(39,40)35(4)26-28-16-10-7-11-17-28/h7-8,10-13,16-19,24-25H,6,9,14-15,20-23,26-27H2,1-5H3. The van der Waals surface area contributed by atoms with Crippen LogP contribution in [0.1, 0.15) is 37.3 Å². The Balaban J connectivity index is 1.91. The molecule has 1 heterocycles. The summed E-state index contributed by atoms with van der Waals surface area (Å²) < 4.78 is 60.2. The molecule has 1 aliphatic heterocycles. The fourth-order valence-corrected chi connectivity index (χ4v) is 8.36. The molecule has 0 N–H and O–H groups in total. The Labute approximate surface area is 264 Å². The smallest absolute Gasteiger partial charge is 0.245 e. The fraction of sp³-hybridized carbons (Fsp3) is 0.455. The number of piperidine rings is 1. The summed E-state index contributed by atoms with van der Waals surface area (Å²) in [6.45, 7) is 5.64. The molecule has 1 aliphatic rings. The molecule has 0 aliphatic carbocycles. The fourth-order valence-electron chi connectivity index (χ4n) is 5.54. The number of benzene rings is 3. The van der Waals surface area contributed by atoms with E-state index in [1.54, 1.807) is 14.1 Å². The van der Waals surface area contributed by atoms with E-state index in [4.69, 9.17) is 0 Å². The molecule has 1 saturated heterocycles. The molecule has 4 rings (SSSR count). The van der Waals surface area contributed by atoms with E-state index in [-0.39, 0.29) is 22.9 Å². The summed E-state index contributed by atoms with van der Waals surface area (Å²) >= 11 is 0. The Morgan fingerprint density at radius 2 is 1.16 bits per heavy atom. The van der Waals surface area contributed by atoms with E-state index in [2.05, 4.69) is 9.80 Å². The lowest BCUT2D eigenvalue weighted by Gasteiger charge is -2.34. The van der Waals surface area contributed by atoms with Gasteiger partial charge in [0.05, 0.1) is 11.4 Å². The maximum absolute atomic E-state index is 14.4. The van der Waals surface area contributed by atoms with E-state index >= 15 is 0 Å². The van der Waals surface area contributed by atoms with Gasteiger partial charge < -0.3 is 14.7 Å². The van der Waals surface area contributed by atoms with Crippen molar-refractivity contribution >= 4 is 31.4 Å². The number of rotatable bonds is 14. The lowest BCUT2D eigenvalue weighted by atomic mass is 10.1. The molecule has 0 unspecified atom stereocenters. The second-order valence-electron chi connectivity index (χ2n) is 11.7. The Bertz CT molecular complexity index is 1580. The van der Waals surface area contributed by atoms with Gasteiger partial charge in [-0.05, 0) is 63.5 Å². The maximum Gasteiger partial charge on any atom is 0.245 e. The molecule has 0 amide bonds. The van der Waals surface area contributed by atoms with Crippen LogP contribution < -0.4 is 9.80 Å². The van der Waals surface area contributed by atoms with Crippen molar-refractivity contribution in [2.24, 2.45) is 0 Å². The van der Waals surface area contributed by atoms with E-state index in [0.29, 0.717) is 44.1 Å². The van der Waals surface area contributed by atoms with Crippen LogP contribution in [0.3, 0.4) is 0 Å². The van der Waals surface area contributed by atoms with Gasteiger partial charge in [0.1, 0.15) is 9.79 Å². The number of hydrogen-bond acceptors (Lipinski definition) is 7. The predicted octanol–water partition coefficient (Wildman–Crippen LogP) is 4.71. The third kappa shape index (κ3) is 8.00. The van der Waals surface area contributed by atoms with Gasteiger partial charge in [-0.15, -0.1) is 0 Å². The summed E-state index contributed by atoms with van der Waals surface area (Å²) in [4.78, 5) is 6.24. The van der Waals surface area contributed by atoms with Crippen LogP contribution in [0.25, 0.3) is 0 Å². The third-order valence-corrected chi connectivity index (χ3v) is 11.8. The van der Waals surface area contributed by atoms with Crippen LogP contribution in [0.4, 0.5) is 11.4 Å². The van der Waals surface area contributed by atoms with Gasteiger partial charge in [0, 0.05) is 59.9 Å². The molecule has 3 aromatic rings.